The molecule has 0 radical (unpaired) electrons. The standard InChI is InChI=1S/C21H20F3N3O3/c1-27(2)8-9-30-15-5-3-4-13(10-15)14-6-7-18-16(11-14)19(21(22,23)24)17(12-25-18)20(28)26-29/h3-7,10-12,29H,8-9H2,1-2H3,(H,26,28). The maximum absolute atomic E-state index is 13.8. The van der Waals surface area contributed by atoms with Gasteiger partial charge in [0.25, 0.3) is 5.91 Å². The molecule has 0 aliphatic carbocycles. The van der Waals surface area contributed by atoms with Crippen molar-refractivity contribution in [2.75, 3.05) is 27.2 Å². The lowest BCUT2D eigenvalue weighted by Gasteiger charge is -2.15. The molecule has 3 rings (SSSR count). The van der Waals surface area contributed by atoms with E-state index in [1.54, 1.807) is 30.3 Å². The summed E-state index contributed by atoms with van der Waals surface area (Å²) < 4.78 is 47.0. The van der Waals surface area contributed by atoms with Crippen molar-refractivity contribution >= 4 is 16.8 Å². The summed E-state index contributed by atoms with van der Waals surface area (Å²) in [5.41, 5.74) is 0.581. The molecular weight excluding hydrogens is 399 g/mol. The molecule has 6 nitrogen and oxygen atoms in total. The smallest absolute Gasteiger partial charge is 0.417 e. The quantitative estimate of drug-likeness (QED) is 0.467. The molecule has 0 spiro atoms. The van der Waals surface area contributed by atoms with Crippen LogP contribution in [0.25, 0.3) is 22.0 Å². The van der Waals surface area contributed by atoms with E-state index in [2.05, 4.69) is 4.98 Å². The highest BCUT2D eigenvalue weighted by Crippen LogP contribution is 2.38. The average molecular weight is 419 g/mol. The summed E-state index contributed by atoms with van der Waals surface area (Å²) in [4.78, 5) is 17.7. The van der Waals surface area contributed by atoms with Crippen molar-refractivity contribution in [1.82, 2.24) is 15.4 Å². The van der Waals surface area contributed by atoms with E-state index in [0.717, 1.165) is 12.7 Å². The SMILES string of the molecule is CN(C)CCOc1cccc(-c2ccc3ncc(C(=O)NO)c(C(F)(F)F)c3c2)c1. The molecule has 2 aromatic carbocycles. The van der Waals surface area contributed by atoms with Crippen LogP contribution in [-0.2, 0) is 6.18 Å². The van der Waals surface area contributed by atoms with Gasteiger partial charge in [0.05, 0.1) is 16.6 Å². The van der Waals surface area contributed by atoms with Crippen molar-refractivity contribution in [1.29, 1.82) is 0 Å². The van der Waals surface area contributed by atoms with Crippen LogP contribution in [0.1, 0.15) is 15.9 Å². The number of hydrogen-bond donors (Lipinski definition) is 2. The number of aromatic nitrogens is 1. The molecule has 0 atom stereocenters. The fourth-order valence-corrected chi connectivity index (χ4v) is 3.02. The van der Waals surface area contributed by atoms with Gasteiger partial charge in [-0.1, -0.05) is 18.2 Å². The van der Waals surface area contributed by atoms with Crippen LogP contribution in [0.5, 0.6) is 5.75 Å². The van der Waals surface area contributed by atoms with Gasteiger partial charge in [-0.2, -0.15) is 13.2 Å². The molecule has 0 saturated carbocycles. The van der Waals surface area contributed by atoms with Gasteiger partial charge < -0.3 is 9.64 Å². The van der Waals surface area contributed by atoms with Gasteiger partial charge in [-0.05, 0) is 49.5 Å². The van der Waals surface area contributed by atoms with Crippen molar-refractivity contribution in [2.45, 2.75) is 6.18 Å². The first-order valence-electron chi connectivity index (χ1n) is 9.03. The number of carbonyl (C=O) groups excluding carboxylic acids is 1. The van der Waals surface area contributed by atoms with Crippen molar-refractivity contribution in [3.63, 3.8) is 0 Å². The maximum Gasteiger partial charge on any atom is 0.417 e. The Balaban J connectivity index is 2.07. The van der Waals surface area contributed by atoms with E-state index in [1.807, 2.05) is 19.0 Å². The zero-order valence-electron chi connectivity index (χ0n) is 16.3. The lowest BCUT2D eigenvalue weighted by atomic mass is 9.97. The van der Waals surface area contributed by atoms with Crippen LogP contribution < -0.4 is 10.2 Å². The fraction of sp³-hybridized carbons (Fsp3) is 0.238. The largest absolute Gasteiger partial charge is 0.492 e. The third kappa shape index (κ3) is 4.69. The van der Waals surface area contributed by atoms with Crippen molar-refractivity contribution in [3.8, 4) is 16.9 Å². The first-order valence-corrected chi connectivity index (χ1v) is 9.03. The van der Waals surface area contributed by atoms with E-state index in [0.29, 0.717) is 23.5 Å². The van der Waals surface area contributed by atoms with E-state index in [-0.39, 0.29) is 10.9 Å². The number of carbonyl (C=O) groups is 1. The number of likely N-dealkylation sites (N-methyl/N-ethyl adjacent to an activating group) is 1. The highest BCUT2D eigenvalue weighted by Gasteiger charge is 2.37. The molecule has 0 bridgehead atoms. The molecule has 30 heavy (non-hydrogen) atoms. The van der Waals surface area contributed by atoms with Gasteiger partial charge in [0.15, 0.2) is 0 Å². The van der Waals surface area contributed by atoms with Gasteiger partial charge in [0.2, 0.25) is 0 Å². The van der Waals surface area contributed by atoms with Gasteiger partial charge in [-0.3, -0.25) is 15.0 Å². The Morgan fingerprint density at radius 2 is 1.90 bits per heavy atom. The van der Waals surface area contributed by atoms with Crippen molar-refractivity contribution < 1.29 is 27.9 Å². The Morgan fingerprint density at radius 3 is 2.57 bits per heavy atom. The first kappa shape index (κ1) is 21.5. The van der Waals surface area contributed by atoms with E-state index >= 15 is 0 Å². The van der Waals surface area contributed by atoms with Crippen LogP contribution >= 0.6 is 0 Å². The number of rotatable bonds is 6. The van der Waals surface area contributed by atoms with Crippen LogP contribution in [0.4, 0.5) is 13.2 Å². The molecule has 0 aliphatic rings. The number of ether oxygens (including phenoxy) is 1. The maximum atomic E-state index is 13.8. The summed E-state index contributed by atoms with van der Waals surface area (Å²) in [5.74, 6) is -0.685. The number of pyridine rings is 1. The zero-order chi connectivity index (χ0) is 21.9. The van der Waals surface area contributed by atoms with Gasteiger partial charge in [0.1, 0.15) is 12.4 Å². The number of benzene rings is 2. The number of nitrogens with zero attached hydrogens (tertiary/aromatic N) is 2. The number of hydrogen-bond acceptors (Lipinski definition) is 5. The number of amides is 1. The predicted octanol–water partition coefficient (Wildman–Crippen LogP) is 3.98. The summed E-state index contributed by atoms with van der Waals surface area (Å²) in [5, 5.41) is 8.57. The Hall–Kier alpha value is -3.17. The Kier molecular flexibility index (Phi) is 6.23. The Morgan fingerprint density at radius 1 is 1.17 bits per heavy atom. The predicted molar refractivity (Wildman–Crippen MR) is 105 cm³/mol. The van der Waals surface area contributed by atoms with Crippen LogP contribution in [-0.4, -0.2) is 48.2 Å². The Labute approximate surface area is 170 Å². The summed E-state index contributed by atoms with van der Waals surface area (Å²) >= 11 is 0. The minimum Gasteiger partial charge on any atom is -0.492 e. The summed E-state index contributed by atoms with van der Waals surface area (Å²) in [7, 11) is 3.85. The van der Waals surface area contributed by atoms with Gasteiger partial charge >= 0.3 is 6.18 Å². The number of hydroxylamine groups is 1. The zero-order valence-corrected chi connectivity index (χ0v) is 16.3. The number of halogens is 3. The fourth-order valence-electron chi connectivity index (χ4n) is 3.02. The minimum absolute atomic E-state index is 0.0824. The molecular formula is C21H20F3N3O3. The lowest BCUT2D eigenvalue weighted by Crippen LogP contribution is -2.23. The molecule has 0 saturated heterocycles. The van der Waals surface area contributed by atoms with Crippen molar-refractivity contribution in [2.24, 2.45) is 0 Å². The monoisotopic (exact) mass is 419 g/mol. The van der Waals surface area contributed by atoms with Crippen LogP contribution in [0.2, 0.25) is 0 Å². The third-order valence-corrected chi connectivity index (χ3v) is 4.47. The molecule has 158 valence electrons. The second-order valence-electron chi connectivity index (χ2n) is 6.90. The molecule has 0 fully saturated rings. The molecule has 1 aromatic heterocycles. The summed E-state index contributed by atoms with van der Waals surface area (Å²) in [6, 6.07) is 11.5. The molecule has 1 amide bonds. The van der Waals surface area contributed by atoms with E-state index in [1.165, 1.54) is 17.6 Å². The summed E-state index contributed by atoms with van der Waals surface area (Å²) in [6.07, 6.45) is -4.02. The van der Waals surface area contributed by atoms with Gasteiger partial charge in [-0.15, -0.1) is 0 Å². The highest BCUT2D eigenvalue weighted by molar-refractivity contribution is 6.00. The molecule has 0 aliphatic heterocycles. The van der Waals surface area contributed by atoms with Crippen LogP contribution in [0, 0.1) is 0 Å². The highest BCUT2D eigenvalue weighted by atomic mass is 19.4. The molecule has 1 heterocycles. The van der Waals surface area contributed by atoms with E-state index < -0.39 is 23.2 Å². The molecule has 3 aromatic rings. The topological polar surface area (TPSA) is 74.7 Å². The average Bonchev–Trinajstić information content (AvgIpc) is 2.71. The third-order valence-electron chi connectivity index (χ3n) is 4.47. The van der Waals surface area contributed by atoms with Gasteiger partial charge in [0, 0.05) is 18.1 Å². The summed E-state index contributed by atoms with van der Waals surface area (Å²) in [6.45, 7) is 1.19. The van der Waals surface area contributed by atoms with E-state index in [9.17, 15) is 18.0 Å². The van der Waals surface area contributed by atoms with Gasteiger partial charge in [-0.25, -0.2) is 5.48 Å². The van der Waals surface area contributed by atoms with E-state index in [4.69, 9.17) is 9.94 Å². The van der Waals surface area contributed by atoms with Crippen molar-refractivity contribution in [3.05, 3.63) is 59.8 Å². The lowest BCUT2D eigenvalue weighted by molar-refractivity contribution is -0.136. The number of alkyl halides is 3. The molecule has 9 heteroatoms. The normalized spacial score (nSPS) is 11.7. The van der Waals surface area contributed by atoms with Crippen LogP contribution in [0.15, 0.2) is 48.7 Å². The first-order chi connectivity index (χ1) is 14.2. The molecule has 0 unspecified atom stereocenters. The van der Waals surface area contributed by atoms with Crippen LogP contribution in [0.3, 0.4) is 0 Å². The second kappa shape index (κ2) is 8.68. The minimum atomic E-state index is -4.82. The molecule has 2 N–H and O–H groups in total. The number of nitrogens with one attached hydrogen (secondary N) is 1. The second-order valence-corrected chi connectivity index (χ2v) is 6.90. The Bertz CT molecular complexity index is 1070. The number of fused-ring (bicyclic) bond motifs is 1.